The number of hydrogen-bond acceptors (Lipinski definition) is 5. The lowest BCUT2D eigenvalue weighted by molar-refractivity contribution is -0.166. The Hall–Kier alpha value is -2.86. The van der Waals surface area contributed by atoms with E-state index in [-0.39, 0.29) is 13.0 Å². The van der Waals surface area contributed by atoms with E-state index in [1.807, 2.05) is 48.5 Å². The van der Waals surface area contributed by atoms with Crippen LogP contribution in [0.4, 0.5) is 4.79 Å². The predicted octanol–water partition coefficient (Wildman–Crippen LogP) is 2.41. The van der Waals surface area contributed by atoms with Crippen molar-refractivity contribution in [2.75, 3.05) is 7.11 Å². The monoisotopic (exact) mass is 343 g/mol. The van der Waals surface area contributed by atoms with Gasteiger partial charge in [-0.25, -0.2) is 9.59 Å². The quantitative estimate of drug-likeness (QED) is 0.596. The van der Waals surface area contributed by atoms with E-state index in [0.29, 0.717) is 6.42 Å². The summed E-state index contributed by atoms with van der Waals surface area (Å²) in [6.07, 6.45) is -0.556. The molecule has 6 heteroatoms. The Morgan fingerprint density at radius 2 is 1.56 bits per heavy atom. The fourth-order valence-electron chi connectivity index (χ4n) is 2.28. The second-order valence-electron chi connectivity index (χ2n) is 5.52. The van der Waals surface area contributed by atoms with Crippen LogP contribution in [0.5, 0.6) is 0 Å². The van der Waals surface area contributed by atoms with E-state index in [1.54, 1.807) is 12.1 Å². The van der Waals surface area contributed by atoms with Gasteiger partial charge >= 0.3 is 12.1 Å². The lowest BCUT2D eigenvalue weighted by atomic mass is 10.0. The van der Waals surface area contributed by atoms with Gasteiger partial charge in [-0.1, -0.05) is 60.7 Å². The maximum absolute atomic E-state index is 12.0. The second kappa shape index (κ2) is 8.84. The summed E-state index contributed by atoms with van der Waals surface area (Å²) < 4.78 is 9.66. The van der Waals surface area contributed by atoms with Crippen LogP contribution in [0.25, 0.3) is 0 Å². The van der Waals surface area contributed by atoms with Crippen LogP contribution in [-0.4, -0.2) is 30.0 Å². The number of amides is 1. The minimum absolute atomic E-state index is 0.0304. The van der Waals surface area contributed by atoms with E-state index in [2.05, 4.69) is 10.1 Å². The number of benzene rings is 2. The highest BCUT2D eigenvalue weighted by Crippen LogP contribution is 2.14. The standard InChI is InChI=1S/C19H21NO5/c1-24-17(21)19(23,13-12-15-8-4-2-5-9-15)20-18(22)25-14-16-10-6-3-7-11-16/h2-11,23H,12-14H2,1H3,(H,20,22)/t19-/m1/s1. The molecule has 0 heterocycles. The Morgan fingerprint density at radius 3 is 2.12 bits per heavy atom. The lowest BCUT2D eigenvalue weighted by Gasteiger charge is -2.26. The minimum atomic E-state index is -2.15. The van der Waals surface area contributed by atoms with E-state index in [0.717, 1.165) is 18.2 Å². The molecule has 0 spiro atoms. The van der Waals surface area contributed by atoms with Gasteiger partial charge in [-0.05, 0) is 17.5 Å². The Morgan fingerprint density at radius 1 is 1.00 bits per heavy atom. The van der Waals surface area contributed by atoms with Crippen LogP contribution < -0.4 is 5.32 Å². The molecule has 1 amide bonds. The highest BCUT2D eigenvalue weighted by atomic mass is 16.6. The average molecular weight is 343 g/mol. The fourth-order valence-corrected chi connectivity index (χ4v) is 2.28. The number of rotatable bonds is 7. The molecular formula is C19H21NO5. The number of nitrogens with one attached hydrogen (secondary N) is 1. The van der Waals surface area contributed by atoms with E-state index in [1.165, 1.54) is 0 Å². The average Bonchev–Trinajstić information content (AvgIpc) is 2.65. The molecule has 0 aliphatic carbocycles. The molecule has 0 aliphatic heterocycles. The number of aliphatic hydroxyl groups is 1. The van der Waals surface area contributed by atoms with Gasteiger partial charge in [0.1, 0.15) is 6.61 Å². The molecule has 2 aromatic rings. The van der Waals surface area contributed by atoms with Crippen molar-refractivity contribution < 1.29 is 24.2 Å². The molecule has 25 heavy (non-hydrogen) atoms. The molecule has 0 bridgehead atoms. The highest BCUT2D eigenvalue weighted by molar-refractivity contribution is 5.83. The number of aryl methyl sites for hydroxylation is 1. The van der Waals surface area contributed by atoms with E-state index < -0.39 is 17.8 Å². The topological polar surface area (TPSA) is 84.9 Å². The lowest BCUT2D eigenvalue weighted by Crippen LogP contribution is -2.55. The minimum Gasteiger partial charge on any atom is -0.465 e. The van der Waals surface area contributed by atoms with E-state index in [9.17, 15) is 14.7 Å². The van der Waals surface area contributed by atoms with Crippen LogP contribution in [0.15, 0.2) is 60.7 Å². The van der Waals surface area contributed by atoms with Gasteiger partial charge in [0.05, 0.1) is 7.11 Å². The second-order valence-corrected chi connectivity index (χ2v) is 5.52. The third-order valence-corrected chi connectivity index (χ3v) is 3.66. The van der Waals surface area contributed by atoms with E-state index in [4.69, 9.17) is 4.74 Å². The zero-order chi connectivity index (χ0) is 18.1. The van der Waals surface area contributed by atoms with Crippen LogP contribution in [0.3, 0.4) is 0 Å². The van der Waals surface area contributed by atoms with Crippen molar-refractivity contribution in [1.82, 2.24) is 5.32 Å². The van der Waals surface area contributed by atoms with Crippen molar-refractivity contribution in [2.45, 2.75) is 25.2 Å². The number of methoxy groups -OCH3 is 1. The third-order valence-electron chi connectivity index (χ3n) is 3.66. The summed E-state index contributed by atoms with van der Waals surface area (Å²) in [6.45, 7) is 0.0304. The van der Waals surface area contributed by atoms with Crippen molar-refractivity contribution in [3.63, 3.8) is 0 Å². The van der Waals surface area contributed by atoms with Crippen molar-refractivity contribution in [3.05, 3.63) is 71.8 Å². The molecule has 2 N–H and O–H groups in total. The molecule has 132 valence electrons. The van der Waals surface area contributed by atoms with Crippen LogP contribution in [-0.2, 0) is 27.3 Å². The van der Waals surface area contributed by atoms with Gasteiger partial charge in [-0.15, -0.1) is 0 Å². The normalized spacial score (nSPS) is 12.7. The number of carbonyl (C=O) groups excluding carboxylic acids is 2. The van der Waals surface area contributed by atoms with Crippen LogP contribution in [0, 0.1) is 0 Å². The smallest absolute Gasteiger partial charge is 0.410 e. The molecule has 0 radical (unpaired) electrons. The summed E-state index contributed by atoms with van der Waals surface area (Å²) in [5.74, 6) is -0.944. The molecule has 2 rings (SSSR count). The first kappa shape index (κ1) is 18.5. The van der Waals surface area contributed by atoms with Gasteiger partial charge < -0.3 is 14.6 Å². The Kier molecular flexibility index (Phi) is 6.54. The first-order chi connectivity index (χ1) is 12.0. The van der Waals surface area contributed by atoms with Gasteiger partial charge in [0, 0.05) is 6.42 Å². The molecule has 0 saturated heterocycles. The zero-order valence-corrected chi connectivity index (χ0v) is 14.0. The molecule has 6 nitrogen and oxygen atoms in total. The molecule has 0 aliphatic rings. The van der Waals surface area contributed by atoms with Crippen molar-refractivity contribution in [3.8, 4) is 0 Å². The summed E-state index contributed by atoms with van der Waals surface area (Å²) >= 11 is 0. The van der Waals surface area contributed by atoms with Crippen LogP contribution >= 0.6 is 0 Å². The van der Waals surface area contributed by atoms with Crippen molar-refractivity contribution in [1.29, 1.82) is 0 Å². The largest absolute Gasteiger partial charge is 0.465 e. The maximum atomic E-state index is 12.0. The zero-order valence-electron chi connectivity index (χ0n) is 14.0. The summed E-state index contributed by atoms with van der Waals surface area (Å²) in [4.78, 5) is 23.9. The first-order valence-electron chi connectivity index (χ1n) is 7.87. The number of ether oxygens (including phenoxy) is 2. The van der Waals surface area contributed by atoms with E-state index >= 15 is 0 Å². The summed E-state index contributed by atoms with van der Waals surface area (Å²) in [6, 6.07) is 18.4. The molecule has 2 aromatic carbocycles. The number of esters is 1. The molecule has 0 unspecified atom stereocenters. The van der Waals surface area contributed by atoms with Crippen LogP contribution in [0.2, 0.25) is 0 Å². The maximum Gasteiger partial charge on any atom is 0.410 e. The Balaban J connectivity index is 1.95. The van der Waals surface area contributed by atoms with Crippen molar-refractivity contribution >= 4 is 12.1 Å². The van der Waals surface area contributed by atoms with Crippen LogP contribution in [0.1, 0.15) is 17.5 Å². The summed E-state index contributed by atoms with van der Waals surface area (Å²) in [7, 11) is 1.15. The highest BCUT2D eigenvalue weighted by Gasteiger charge is 2.39. The molecule has 0 saturated carbocycles. The third kappa shape index (κ3) is 5.61. The molecule has 0 fully saturated rings. The molecule has 1 atom stereocenters. The van der Waals surface area contributed by atoms with Gasteiger partial charge in [0.25, 0.3) is 0 Å². The van der Waals surface area contributed by atoms with Gasteiger partial charge in [-0.3, -0.25) is 5.32 Å². The molecular weight excluding hydrogens is 322 g/mol. The van der Waals surface area contributed by atoms with Gasteiger partial charge in [0.2, 0.25) is 5.72 Å². The number of carbonyl (C=O) groups is 2. The Labute approximate surface area is 146 Å². The number of hydrogen-bond donors (Lipinski definition) is 2. The van der Waals surface area contributed by atoms with Gasteiger partial charge in [0.15, 0.2) is 0 Å². The molecule has 0 aromatic heterocycles. The summed E-state index contributed by atoms with van der Waals surface area (Å²) in [5.41, 5.74) is -0.439. The summed E-state index contributed by atoms with van der Waals surface area (Å²) in [5, 5.41) is 12.7. The predicted molar refractivity (Wildman–Crippen MR) is 91.5 cm³/mol. The SMILES string of the molecule is COC(=O)[C@](O)(CCc1ccccc1)NC(=O)OCc1ccccc1. The number of alkyl carbamates (subject to hydrolysis) is 1. The Bertz CT molecular complexity index is 689. The fraction of sp³-hybridized carbons (Fsp3) is 0.263. The van der Waals surface area contributed by atoms with Gasteiger partial charge in [-0.2, -0.15) is 0 Å². The van der Waals surface area contributed by atoms with Crippen molar-refractivity contribution in [2.24, 2.45) is 0 Å². The first-order valence-corrected chi connectivity index (χ1v) is 7.87.